The molecule has 27 heavy (non-hydrogen) atoms. The van der Waals surface area contributed by atoms with E-state index in [9.17, 15) is 14.4 Å². The fourth-order valence-corrected chi connectivity index (χ4v) is 4.79. The number of hydrogen-bond acceptors (Lipinski definition) is 3. The van der Waals surface area contributed by atoms with E-state index in [0.717, 1.165) is 32.2 Å². The van der Waals surface area contributed by atoms with Crippen LogP contribution in [0.15, 0.2) is 48.5 Å². The van der Waals surface area contributed by atoms with Crippen LogP contribution in [-0.2, 0) is 6.54 Å². The number of carbonyl (C=O) groups excluding carboxylic acids is 1. The number of halogens is 1. The highest BCUT2D eigenvalue weighted by Crippen LogP contribution is 2.39. The van der Waals surface area contributed by atoms with E-state index < -0.39 is 5.82 Å². The minimum absolute atomic E-state index is 0.00260. The lowest BCUT2D eigenvalue weighted by molar-refractivity contribution is 0.00905. The molecule has 2 heterocycles. The zero-order valence-corrected chi connectivity index (χ0v) is 15.3. The molecule has 0 amide bonds. The maximum Gasteiger partial charge on any atom is 0.167 e. The van der Waals surface area contributed by atoms with Crippen molar-refractivity contribution in [3.8, 4) is 6.07 Å². The lowest BCUT2D eigenvalue weighted by Gasteiger charge is -2.48. The van der Waals surface area contributed by atoms with Gasteiger partial charge < -0.3 is 0 Å². The van der Waals surface area contributed by atoms with Gasteiger partial charge in [-0.05, 0) is 49.4 Å². The summed E-state index contributed by atoms with van der Waals surface area (Å²) in [7, 11) is 0. The fraction of sp³-hybridized carbons (Fsp3) is 0.391. The first-order valence-corrected chi connectivity index (χ1v) is 9.69. The molecule has 2 unspecified atom stereocenters. The molecule has 4 heteroatoms. The van der Waals surface area contributed by atoms with E-state index in [0.29, 0.717) is 17.6 Å². The summed E-state index contributed by atoms with van der Waals surface area (Å²) in [5.41, 5.74) is 1.83. The number of rotatable bonds is 4. The van der Waals surface area contributed by atoms with Crippen molar-refractivity contribution in [3.05, 3.63) is 71.0 Å². The van der Waals surface area contributed by atoms with Crippen molar-refractivity contribution in [2.75, 3.05) is 0 Å². The lowest BCUT2D eigenvalue weighted by atomic mass is 9.75. The lowest BCUT2D eigenvalue weighted by Crippen LogP contribution is -2.52. The third-order valence-corrected chi connectivity index (χ3v) is 6.07. The number of carbonyl (C=O) groups is 1. The standard InChI is InChI=1S/C23H23FN2O/c24-19-9-10-22(18(11-19)14-25)23(27)17-12-20-7-4-8-21(13-17)26(20)15-16-5-2-1-3-6-16/h1-3,5-6,9-11,17,20-21H,4,7-8,12-13,15H2. The number of benzene rings is 2. The van der Waals surface area contributed by atoms with Crippen molar-refractivity contribution in [1.82, 2.24) is 4.90 Å². The van der Waals surface area contributed by atoms with Gasteiger partial charge in [0, 0.05) is 30.1 Å². The van der Waals surface area contributed by atoms with Crippen molar-refractivity contribution in [2.45, 2.75) is 50.7 Å². The van der Waals surface area contributed by atoms with Crippen LogP contribution in [0, 0.1) is 23.1 Å². The first kappa shape index (κ1) is 17.9. The van der Waals surface area contributed by atoms with E-state index in [2.05, 4.69) is 29.2 Å². The maximum absolute atomic E-state index is 13.4. The van der Waals surface area contributed by atoms with Crippen LogP contribution in [0.3, 0.4) is 0 Å². The van der Waals surface area contributed by atoms with Crippen LogP contribution in [0.2, 0.25) is 0 Å². The van der Waals surface area contributed by atoms with Crippen LogP contribution in [-0.4, -0.2) is 22.8 Å². The van der Waals surface area contributed by atoms with E-state index in [1.807, 2.05) is 12.1 Å². The molecule has 3 nitrogen and oxygen atoms in total. The van der Waals surface area contributed by atoms with Gasteiger partial charge >= 0.3 is 0 Å². The minimum atomic E-state index is -0.474. The smallest absolute Gasteiger partial charge is 0.167 e. The van der Waals surface area contributed by atoms with Gasteiger partial charge in [0.05, 0.1) is 11.6 Å². The molecule has 0 aromatic heterocycles. The first-order chi connectivity index (χ1) is 13.2. The quantitative estimate of drug-likeness (QED) is 0.740. The molecule has 0 aliphatic carbocycles. The third kappa shape index (κ3) is 3.65. The summed E-state index contributed by atoms with van der Waals surface area (Å²) in [4.78, 5) is 15.7. The molecular formula is C23H23FN2O. The van der Waals surface area contributed by atoms with Crippen LogP contribution in [0.1, 0.15) is 53.6 Å². The maximum atomic E-state index is 13.4. The molecule has 2 aromatic carbocycles. The highest BCUT2D eigenvalue weighted by molar-refractivity contribution is 6.00. The van der Waals surface area contributed by atoms with E-state index in [-0.39, 0.29) is 17.3 Å². The largest absolute Gasteiger partial charge is 0.294 e. The van der Waals surface area contributed by atoms with Gasteiger partial charge in [0.25, 0.3) is 0 Å². The van der Waals surface area contributed by atoms with Gasteiger partial charge in [-0.3, -0.25) is 9.69 Å². The Bertz CT molecular complexity index is 860. The number of hydrogen-bond donors (Lipinski definition) is 0. The van der Waals surface area contributed by atoms with E-state index in [1.54, 1.807) is 0 Å². The summed E-state index contributed by atoms with van der Waals surface area (Å²) in [5.74, 6) is -0.551. The van der Waals surface area contributed by atoms with Crippen molar-refractivity contribution < 1.29 is 9.18 Å². The normalized spacial score (nSPS) is 25.0. The predicted octanol–water partition coefficient (Wildman–Crippen LogP) is 4.71. The van der Waals surface area contributed by atoms with Gasteiger partial charge in [-0.2, -0.15) is 5.26 Å². The molecule has 2 atom stereocenters. The van der Waals surface area contributed by atoms with Gasteiger partial charge in [0.2, 0.25) is 0 Å². The number of nitriles is 1. The number of Topliss-reactive ketones (excluding diaryl/α,β-unsaturated/α-hetero) is 1. The Morgan fingerprint density at radius 3 is 2.48 bits per heavy atom. The van der Waals surface area contributed by atoms with Gasteiger partial charge in [0.15, 0.2) is 5.78 Å². The molecule has 138 valence electrons. The van der Waals surface area contributed by atoms with Crippen LogP contribution < -0.4 is 0 Å². The second-order valence-electron chi connectivity index (χ2n) is 7.73. The molecule has 0 N–H and O–H groups in total. The third-order valence-electron chi connectivity index (χ3n) is 6.07. The molecule has 2 saturated heterocycles. The SMILES string of the molecule is N#Cc1cc(F)ccc1C(=O)C1CC2CCCC(C1)N2Cc1ccccc1. The summed E-state index contributed by atoms with van der Waals surface area (Å²) in [5, 5.41) is 9.28. The van der Waals surface area contributed by atoms with Gasteiger partial charge in [-0.25, -0.2) is 4.39 Å². The average Bonchev–Trinajstić information content (AvgIpc) is 2.68. The number of piperidine rings is 2. The topological polar surface area (TPSA) is 44.1 Å². The van der Waals surface area contributed by atoms with Gasteiger partial charge in [-0.15, -0.1) is 0 Å². The Morgan fingerprint density at radius 1 is 1.11 bits per heavy atom. The molecule has 0 spiro atoms. The second kappa shape index (κ2) is 7.62. The Kier molecular flexibility index (Phi) is 5.05. The Balaban J connectivity index is 1.53. The Hall–Kier alpha value is -2.51. The summed E-state index contributed by atoms with van der Waals surface area (Å²) in [6.07, 6.45) is 5.08. The number of fused-ring (bicyclic) bond motifs is 2. The van der Waals surface area contributed by atoms with Crippen molar-refractivity contribution in [2.24, 2.45) is 5.92 Å². The highest BCUT2D eigenvalue weighted by atomic mass is 19.1. The zero-order valence-electron chi connectivity index (χ0n) is 15.3. The zero-order chi connectivity index (χ0) is 18.8. The van der Waals surface area contributed by atoms with Crippen LogP contribution in [0.5, 0.6) is 0 Å². The summed E-state index contributed by atoms with van der Waals surface area (Å²) < 4.78 is 13.4. The molecule has 0 saturated carbocycles. The molecule has 0 radical (unpaired) electrons. The average molecular weight is 362 g/mol. The molecule has 2 aliphatic heterocycles. The van der Waals surface area contributed by atoms with Crippen molar-refractivity contribution >= 4 is 5.78 Å². The van der Waals surface area contributed by atoms with Crippen LogP contribution >= 0.6 is 0 Å². The minimum Gasteiger partial charge on any atom is -0.294 e. The molecule has 2 aliphatic rings. The summed E-state index contributed by atoms with van der Waals surface area (Å²) in [6, 6.07) is 17.2. The van der Waals surface area contributed by atoms with E-state index in [1.165, 1.54) is 30.2 Å². The van der Waals surface area contributed by atoms with Gasteiger partial charge in [-0.1, -0.05) is 36.8 Å². The van der Waals surface area contributed by atoms with Crippen molar-refractivity contribution in [3.63, 3.8) is 0 Å². The van der Waals surface area contributed by atoms with Crippen LogP contribution in [0.25, 0.3) is 0 Å². The molecule has 2 fully saturated rings. The number of ketones is 1. The Morgan fingerprint density at radius 2 is 1.81 bits per heavy atom. The van der Waals surface area contributed by atoms with E-state index in [4.69, 9.17) is 0 Å². The van der Waals surface area contributed by atoms with E-state index >= 15 is 0 Å². The fourth-order valence-electron chi connectivity index (χ4n) is 4.79. The van der Waals surface area contributed by atoms with Crippen molar-refractivity contribution in [1.29, 1.82) is 5.26 Å². The predicted molar refractivity (Wildman–Crippen MR) is 102 cm³/mol. The molecular weight excluding hydrogens is 339 g/mol. The monoisotopic (exact) mass is 362 g/mol. The molecule has 2 aromatic rings. The van der Waals surface area contributed by atoms with Gasteiger partial charge in [0.1, 0.15) is 5.82 Å². The second-order valence-corrected chi connectivity index (χ2v) is 7.73. The molecule has 4 rings (SSSR count). The Labute approximate surface area is 159 Å². The summed E-state index contributed by atoms with van der Waals surface area (Å²) in [6.45, 7) is 0.928. The first-order valence-electron chi connectivity index (χ1n) is 9.69. The summed E-state index contributed by atoms with van der Waals surface area (Å²) >= 11 is 0. The number of nitrogens with zero attached hydrogens (tertiary/aromatic N) is 2. The molecule has 2 bridgehead atoms. The van der Waals surface area contributed by atoms with Crippen LogP contribution in [0.4, 0.5) is 4.39 Å². The highest BCUT2D eigenvalue weighted by Gasteiger charge is 2.41.